The molecule has 2 aliphatic carbocycles. The number of rotatable bonds is 6. The average molecular weight is 337 g/mol. The third-order valence-electron chi connectivity index (χ3n) is 4.27. The van der Waals surface area contributed by atoms with Crippen LogP contribution < -0.4 is 10.6 Å². The van der Waals surface area contributed by atoms with Crippen LogP contribution in [0.2, 0.25) is 0 Å². The molecule has 2 fully saturated rings. The summed E-state index contributed by atoms with van der Waals surface area (Å²) in [5.41, 5.74) is 0. The number of thioether (sulfide) groups is 1. The second-order valence-corrected chi connectivity index (χ2v) is 7.72. The number of aromatic nitrogens is 3. The van der Waals surface area contributed by atoms with Crippen LogP contribution in [0, 0.1) is 5.92 Å². The van der Waals surface area contributed by atoms with Crippen molar-refractivity contribution in [3.63, 3.8) is 0 Å². The number of imide groups is 1. The molecule has 1 heterocycles. The number of nitrogens with one attached hydrogen (secondary N) is 3. The maximum Gasteiger partial charge on any atom is 0.321 e. The molecule has 3 N–H and O–H groups in total. The molecular formula is C15H23N5O2S. The third kappa shape index (κ3) is 4.95. The molecule has 0 radical (unpaired) electrons. The molecule has 0 unspecified atom stereocenters. The standard InChI is InChI=1S/C15H23N5O2S/c1-9(13(21)18-14(22)16-11-6-7-11)23-15-17-12(19-20-15)8-10-4-2-3-5-10/h9-11H,2-8H2,1H3,(H,17,19,20)(H2,16,18,21,22)/t9-/m1/s1. The topological polar surface area (TPSA) is 99.8 Å². The summed E-state index contributed by atoms with van der Waals surface area (Å²) in [6.07, 6.45) is 8.05. The van der Waals surface area contributed by atoms with Gasteiger partial charge in [-0.15, -0.1) is 5.10 Å². The zero-order valence-corrected chi connectivity index (χ0v) is 14.1. The second-order valence-electron chi connectivity index (χ2n) is 6.42. The molecule has 0 spiro atoms. The first-order chi connectivity index (χ1) is 11.1. The molecule has 1 aromatic heterocycles. The van der Waals surface area contributed by atoms with Gasteiger partial charge in [-0.05, 0) is 25.7 Å². The summed E-state index contributed by atoms with van der Waals surface area (Å²) in [5, 5.41) is 12.4. The zero-order valence-electron chi connectivity index (χ0n) is 13.3. The Bertz CT molecular complexity index is 566. The van der Waals surface area contributed by atoms with Crippen molar-refractivity contribution in [2.75, 3.05) is 0 Å². The van der Waals surface area contributed by atoms with Gasteiger partial charge in [0.1, 0.15) is 5.82 Å². The number of nitrogens with zero attached hydrogens (tertiary/aromatic N) is 2. The highest BCUT2D eigenvalue weighted by molar-refractivity contribution is 8.00. The lowest BCUT2D eigenvalue weighted by Gasteiger charge is -2.09. The highest BCUT2D eigenvalue weighted by Gasteiger charge is 2.25. The number of carbonyl (C=O) groups excluding carboxylic acids is 2. The minimum atomic E-state index is -0.421. The molecule has 7 nitrogen and oxygen atoms in total. The third-order valence-corrected chi connectivity index (χ3v) is 5.23. The Morgan fingerprint density at radius 1 is 1.30 bits per heavy atom. The van der Waals surface area contributed by atoms with Gasteiger partial charge in [0.15, 0.2) is 0 Å². The van der Waals surface area contributed by atoms with Gasteiger partial charge >= 0.3 is 6.03 Å². The molecule has 3 amide bonds. The first kappa shape index (κ1) is 16.3. The Balaban J connectivity index is 1.44. The lowest BCUT2D eigenvalue weighted by molar-refractivity contribution is -0.119. The first-order valence-corrected chi connectivity index (χ1v) is 9.17. The molecule has 3 rings (SSSR count). The Kier molecular flexibility index (Phi) is 5.20. The van der Waals surface area contributed by atoms with Crippen molar-refractivity contribution in [1.29, 1.82) is 0 Å². The van der Waals surface area contributed by atoms with E-state index in [4.69, 9.17) is 0 Å². The van der Waals surface area contributed by atoms with Gasteiger partial charge in [-0.25, -0.2) is 9.78 Å². The predicted octanol–water partition coefficient (Wildman–Crippen LogP) is 2.01. The van der Waals surface area contributed by atoms with Gasteiger partial charge in [-0.2, -0.15) is 0 Å². The number of urea groups is 1. The largest absolute Gasteiger partial charge is 0.335 e. The van der Waals surface area contributed by atoms with E-state index < -0.39 is 11.3 Å². The Morgan fingerprint density at radius 3 is 2.74 bits per heavy atom. The fourth-order valence-electron chi connectivity index (χ4n) is 2.78. The molecule has 126 valence electrons. The summed E-state index contributed by atoms with van der Waals surface area (Å²) in [5.74, 6) is 1.27. The van der Waals surface area contributed by atoms with Crippen LogP contribution in [-0.4, -0.2) is 38.4 Å². The van der Waals surface area contributed by atoms with E-state index in [9.17, 15) is 9.59 Å². The fraction of sp³-hybridized carbons (Fsp3) is 0.733. The molecule has 1 atom stereocenters. The Labute approximate surface area is 139 Å². The van der Waals surface area contributed by atoms with Crippen LogP contribution in [0.3, 0.4) is 0 Å². The zero-order chi connectivity index (χ0) is 16.2. The fourth-order valence-corrected chi connectivity index (χ4v) is 3.53. The highest BCUT2D eigenvalue weighted by Crippen LogP contribution is 2.28. The van der Waals surface area contributed by atoms with Gasteiger partial charge < -0.3 is 5.32 Å². The number of hydrogen-bond donors (Lipinski definition) is 3. The minimum absolute atomic E-state index is 0.233. The van der Waals surface area contributed by atoms with Crippen LogP contribution in [0.4, 0.5) is 4.79 Å². The number of hydrogen-bond acceptors (Lipinski definition) is 5. The molecular weight excluding hydrogens is 314 g/mol. The quantitative estimate of drug-likeness (QED) is 0.690. The van der Waals surface area contributed by atoms with E-state index in [2.05, 4.69) is 25.8 Å². The lowest BCUT2D eigenvalue weighted by Crippen LogP contribution is -2.43. The number of aromatic amines is 1. The van der Waals surface area contributed by atoms with Crippen molar-refractivity contribution in [2.24, 2.45) is 5.92 Å². The van der Waals surface area contributed by atoms with E-state index in [1.54, 1.807) is 6.92 Å². The smallest absolute Gasteiger partial charge is 0.321 e. The molecule has 0 saturated heterocycles. The molecule has 23 heavy (non-hydrogen) atoms. The maximum atomic E-state index is 12.0. The average Bonchev–Trinajstić information content (AvgIpc) is 2.99. The summed E-state index contributed by atoms with van der Waals surface area (Å²) in [4.78, 5) is 28.0. The van der Waals surface area contributed by atoms with Crippen molar-refractivity contribution in [3.05, 3.63) is 5.82 Å². The van der Waals surface area contributed by atoms with Crippen molar-refractivity contribution in [2.45, 2.75) is 68.3 Å². The van der Waals surface area contributed by atoms with Crippen LogP contribution in [0.25, 0.3) is 0 Å². The molecule has 0 aliphatic heterocycles. The van der Waals surface area contributed by atoms with Crippen molar-refractivity contribution < 1.29 is 9.59 Å². The highest BCUT2D eigenvalue weighted by atomic mass is 32.2. The molecule has 2 aliphatic rings. The van der Waals surface area contributed by atoms with E-state index in [1.165, 1.54) is 37.4 Å². The summed E-state index contributed by atoms with van der Waals surface area (Å²) >= 11 is 1.26. The predicted molar refractivity (Wildman–Crippen MR) is 87.1 cm³/mol. The molecule has 0 bridgehead atoms. The van der Waals surface area contributed by atoms with Gasteiger partial charge in [0.05, 0.1) is 5.25 Å². The summed E-state index contributed by atoms with van der Waals surface area (Å²) in [6.45, 7) is 1.75. The van der Waals surface area contributed by atoms with E-state index >= 15 is 0 Å². The van der Waals surface area contributed by atoms with Crippen molar-refractivity contribution >= 4 is 23.7 Å². The Morgan fingerprint density at radius 2 is 2.04 bits per heavy atom. The molecule has 0 aromatic carbocycles. The number of carbonyl (C=O) groups is 2. The van der Waals surface area contributed by atoms with Gasteiger partial charge in [-0.1, -0.05) is 37.4 Å². The number of H-pyrrole nitrogens is 1. The van der Waals surface area contributed by atoms with Crippen LogP contribution in [-0.2, 0) is 11.2 Å². The number of amides is 3. The van der Waals surface area contributed by atoms with E-state index in [-0.39, 0.29) is 11.9 Å². The van der Waals surface area contributed by atoms with E-state index in [0.29, 0.717) is 11.1 Å². The van der Waals surface area contributed by atoms with E-state index in [0.717, 1.165) is 25.1 Å². The van der Waals surface area contributed by atoms with Crippen LogP contribution >= 0.6 is 11.8 Å². The van der Waals surface area contributed by atoms with Gasteiger partial charge in [-0.3, -0.25) is 15.2 Å². The lowest BCUT2D eigenvalue weighted by atomic mass is 10.0. The van der Waals surface area contributed by atoms with E-state index in [1.807, 2.05) is 0 Å². The normalized spacial score (nSPS) is 19.5. The Hall–Kier alpha value is -1.57. The van der Waals surface area contributed by atoms with Gasteiger partial charge in [0.2, 0.25) is 11.1 Å². The summed E-state index contributed by atoms with van der Waals surface area (Å²) in [7, 11) is 0. The van der Waals surface area contributed by atoms with Gasteiger partial charge in [0.25, 0.3) is 0 Å². The van der Waals surface area contributed by atoms with Crippen LogP contribution in [0.15, 0.2) is 5.16 Å². The van der Waals surface area contributed by atoms with Crippen LogP contribution in [0.1, 0.15) is 51.3 Å². The minimum Gasteiger partial charge on any atom is -0.335 e. The first-order valence-electron chi connectivity index (χ1n) is 8.29. The monoisotopic (exact) mass is 337 g/mol. The molecule has 8 heteroatoms. The van der Waals surface area contributed by atoms with Crippen LogP contribution in [0.5, 0.6) is 0 Å². The molecule has 2 saturated carbocycles. The van der Waals surface area contributed by atoms with Gasteiger partial charge in [0, 0.05) is 12.5 Å². The summed E-state index contributed by atoms with van der Waals surface area (Å²) < 4.78 is 0. The maximum absolute atomic E-state index is 12.0. The second kappa shape index (κ2) is 7.33. The van der Waals surface area contributed by atoms with Crippen molar-refractivity contribution in [1.82, 2.24) is 25.8 Å². The summed E-state index contributed by atoms with van der Waals surface area (Å²) in [6, 6.07) is -0.182. The molecule has 1 aromatic rings. The van der Waals surface area contributed by atoms with Crippen molar-refractivity contribution in [3.8, 4) is 0 Å². The SMILES string of the molecule is C[C@@H](Sc1n[nH]c(CC2CCCC2)n1)C(=O)NC(=O)NC1CC1.